The molecule has 2 N–H and O–H groups in total. The van der Waals surface area contributed by atoms with E-state index in [2.05, 4.69) is 10.6 Å². The fourth-order valence-corrected chi connectivity index (χ4v) is 2.16. The van der Waals surface area contributed by atoms with Crippen LogP contribution in [-0.4, -0.2) is 39.8 Å². The molecule has 5 heteroatoms. The van der Waals surface area contributed by atoms with Crippen molar-refractivity contribution in [2.75, 3.05) is 33.9 Å². The molecule has 116 valence electrons. The van der Waals surface area contributed by atoms with Gasteiger partial charge in [-0.25, -0.2) is 0 Å². The maximum atomic E-state index is 11.6. The minimum atomic E-state index is 0.0520. The Hall–Kier alpha value is -1.75. The topological polar surface area (TPSA) is 59.6 Å². The van der Waals surface area contributed by atoms with E-state index in [9.17, 15) is 4.79 Å². The van der Waals surface area contributed by atoms with Crippen LogP contribution >= 0.6 is 0 Å². The Balaban J connectivity index is 1.68. The Morgan fingerprint density at radius 1 is 1.24 bits per heavy atom. The number of nitrogens with one attached hydrogen (secondary N) is 2. The third kappa shape index (κ3) is 5.27. The summed E-state index contributed by atoms with van der Waals surface area (Å²) < 4.78 is 10.5. The van der Waals surface area contributed by atoms with Gasteiger partial charge in [0.05, 0.1) is 20.8 Å². The number of rotatable bonds is 9. The number of amides is 1. The molecular formula is C16H24N2O3. The van der Waals surface area contributed by atoms with Crippen LogP contribution in [0.5, 0.6) is 11.5 Å². The van der Waals surface area contributed by atoms with Crippen molar-refractivity contribution in [2.24, 2.45) is 5.92 Å². The van der Waals surface area contributed by atoms with Crippen LogP contribution < -0.4 is 20.1 Å². The van der Waals surface area contributed by atoms with Gasteiger partial charge in [0.1, 0.15) is 0 Å². The number of benzene rings is 1. The first-order valence-electron chi connectivity index (χ1n) is 7.41. The van der Waals surface area contributed by atoms with Gasteiger partial charge in [-0.15, -0.1) is 0 Å². The zero-order valence-corrected chi connectivity index (χ0v) is 12.8. The van der Waals surface area contributed by atoms with E-state index in [4.69, 9.17) is 9.47 Å². The molecule has 0 spiro atoms. The molecule has 0 bridgehead atoms. The maximum absolute atomic E-state index is 11.6. The highest BCUT2D eigenvalue weighted by molar-refractivity contribution is 5.77. The zero-order valence-electron chi connectivity index (χ0n) is 12.8. The van der Waals surface area contributed by atoms with Crippen LogP contribution in [0.3, 0.4) is 0 Å². The third-order valence-corrected chi connectivity index (χ3v) is 3.60. The van der Waals surface area contributed by atoms with Crippen LogP contribution in [0.2, 0.25) is 0 Å². The number of methoxy groups -OCH3 is 2. The molecule has 2 rings (SSSR count). The fraction of sp³-hybridized carbons (Fsp3) is 0.562. The predicted octanol–water partition coefficient (Wildman–Crippen LogP) is 1.36. The van der Waals surface area contributed by atoms with E-state index in [1.165, 1.54) is 12.8 Å². The van der Waals surface area contributed by atoms with Crippen molar-refractivity contribution in [1.82, 2.24) is 10.6 Å². The molecule has 1 aromatic carbocycles. The van der Waals surface area contributed by atoms with Gasteiger partial charge in [0.25, 0.3) is 0 Å². The molecule has 1 amide bonds. The van der Waals surface area contributed by atoms with Crippen molar-refractivity contribution in [3.8, 4) is 11.5 Å². The van der Waals surface area contributed by atoms with Crippen LogP contribution in [0.25, 0.3) is 0 Å². The van der Waals surface area contributed by atoms with Crippen molar-refractivity contribution in [1.29, 1.82) is 0 Å². The molecule has 1 fully saturated rings. The Morgan fingerprint density at radius 2 is 2.00 bits per heavy atom. The first kappa shape index (κ1) is 15.6. The summed E-state index contributed by atoms with van der Waals surface area (Å²) in [7, 11) is 3.24. The van der Waals surface area contributed by atoms with E-state index < -0.39 is 0 Å². The summed E-state index contributed by atoms with van der Waals surface area (Å²) in [4.78, 5) is 11.6. The summed E-state index contributed by atoms with van der Waals surface area (Å²) in [5, 5.41) is 6.10. The van der Waals surface area contributed by atoms with Gasteiger partial charge in [-0.3, -0.25) is 4.79 Å². The maximum Gasteiger partial charge on any atom is 0.233 e. The Bertz CT molecular complexity index is 473. The number of ether oxygens (including phenoxy) is 2. The third-order valence-electron chi connectivity index (χ3n) is 3.60. The second-order valence-electron chi connectivity index (χ2n) is 5.36. The van der Waals surface area contributed by atoms with Crippen molar-refractivity contribution in [3.63, 3.8) is 0 Å². The summed E-state index contributed by atoms with van der Waals surface area (Å²) in [5.74, 6) is 2.28. The molecular weight excluding hydrogens is 268 g/mol. The summed E-state index contributed by atoms with van der Waals surface area (Å²) in [6, 6.07) is 5.81. The van der Waals surface area contributed by atoms with Crippen molar-refractivity contribution < 1.29 is 14.3 Å². The Labute approximate surface area is 126 Å². The summed E-state index contributed by atoms with van der Waals surface area (Å²) in [6.45, 7) is 1.99. The predicted molar refractivity (Wildman–Crippen MR) is 81.9 cm³/mol. The summed E-state index contributed by atoms with van der Waals surface area (Å²) in [6.07, 6.45) is 3.37. The van der Waals surface area contributed by atoms with Gasteiger partial charge in [0.15, 0.2) is 11.5 Å². The Morgan fingerprint density at radius 3 is 2.67 bits per heavy atom. The standard InChI is InChI=1S/C16H24N2O3/c1-20-14-6-5-12(9-15(14)21-2)7-8-18-16(19)11-17-10-13-3-4-13/h5-6,9,13,17H,3-4,7-8,10-11H2,1-2H3,(H,18,19). The SMILES string of the molecule is COc1ccc(CCNC(=O)CNCC2CC2)cc1OC. The number of hydrogen-bond donors (Lipinski definition) is 2. The van der Waals surface area contributed by atoms with Crippen LogP contribution in [0, 0.1) is 5.92 Å². The normalized spacial score (nSPS) is 13.8. The van der Waals surface area contributed by atoms with Crippen molar-refractivity contribution in [3.05, 3.63) is 23.8 Å². The molecule has 0 radical (unpaired) electrons. The highest BCUT2D eigenvalue weighted by atomic mass is 16.5. The molecule has 1 saturated carbocycles. The van der Waals surface area contributed by atoms with Crippen LogP contribution in [0.15, 0.2) is 18.2 Å². The molecule has 21 heavy (non-hydrogen) atoms. The van der Waals surface area contributed by atoms with Crippen LogP contribution in [0.4, 0.5) is 0 Å². The molecule has 0 atom stereocenters. The molecule has 0 saturated heterocycles. The average molecular weight is 292 g/mol. The molecule has 0 aromatic heterocycles. The molecule has 0 heterocycles. The van der Waals surface area contributed by atoms with Gasteiger partial charge < -0.3 is 20.1 Å². The lowest BCUT2D eigenvalue weighted by atomic mass is 10.1. The summed E-state index contributed by atoms with van der Waals surface area (Å²) >= 11 is 0. The van der Waals surface area contributed by atoms with Crippen LogP contribution in [0.1, 0.15) is 18.4 Å². The number of carbonyl (C=O) groups is 1. The van der Waals surface area contributed by atoms with Gasteiger partial charge in [0, 0.05) is 6.54 Å². The van der Waals surface area contributed by atoms with E-state index in [0.29, 0.717) is 18.8 Å². The highest BCUT2D eigenvalue weighted by Gasteiger charge is 2.20. The minimum Gasteiger partial charge on any atom is -0.493 e. The number of carbonyl (C=O) groups excluding carboxylic acids is 1. The van der Waals surface area contributed by atoms with E-state index in [-0.39, 0.29) is 5.91 Å². The van der Waals surface area contributed by atoms with Gasteiger partial charge in [0.2, 0.25) is 5.91 Å². The molecule has 0 aliphatic heterocycles. The molecule has 1 aliphatic rings. The lowest BCUT2D eigenvalue weighted by Gasteiger charge is -2.10. The van der Waals surface area contributed by atoms with Gasteiger partial charge in [-0.05, 0) is 49.4 Å². The monoisotopic (exact) mass is 292 g/mol. The smallest absolute Gasteiger partial charge is 0.233 e. The minimum absolute atomic E-state index is 0.0520. The van der Waals surface area contributed by atoms with E-state index in [1.807, 2.05) is 18.2 Å². The summed E-state index contributed by atoms with van der Waals surface area (Å²) in [5.41, 5.74) is 1.11. The number of hydrogen-bond acceptors (Lipinski definition) is 4. The molecule has 1 aromatic rings. The van der Waals surface area contributed by atoms with Crippen molar-refractivity contribution >= 4 is 5.91 Å². The van der Waals surface area contributed by atoms with Crippen molar-refractivity contribution in [2.45, 2.75) is 19.3 Å². The first-order chi connectivity index (χ1) is 10.2. The second kappa shape index (κ2) is 7.88. The lowest BCUT2D eigenvalue weighted by Crippen LogP contribution is -2.35. The quantitative estimate of drug-likeness (QED) is 0.721. The Kier molecular flexibility index (Phi) is 5.87. The highest BCUT2D eigenvalue weighted by Crippen LogP contribution is 2.28. The molecule has 5 nitrogen and oxygen atoms in total. The zero-order chi connectivity index (χ0) is 15.1. The van der Waals surface area contributed by atoms with Gasteiger partial charge in [-0.1, -0.05) is 6.07 Å². The molecule has 1 aliphatic carbocycles. The van der Waals surface area contributed by atoms with Gasteiger partial charge in [-0.2, -0.15) is 0 Å². The van der Waals surface area contributed by atoms with E-state index in [0.717, 1.165) is 30.2 Å². The lowest BCUT2D eigenvalue weighted by molar-refractivity contribution is -0.120. The average Bonchev–Trinajstić information content (AvgIpc) is 3.31. The first-order valence-corrected chi connectivity index (χ1v) is 7.41. The second-order valence-corrected chi connectivity index (χ2v) is 5.36. The largest absolute Gasteiger partial charge is 0.493 e. The van der Waals surface area contributed by atoms with E-state index in [1.54, 1.807) is 14.2 Å². The van der Waals surface area contributed by atoms with E-state index >= 15 is 0 Å². The molecule has 0 unspecified atom stereocenters. The van der Waals surface area contributed by atoms with Crippen LogP contribution in [-0.2, 0) is 11.2 Å². The fourth-order valence-electron chi connectivity index (χ4n) is 2.16. The van der Waals surface area contributed by atoms with Gasteiger partial charge >= 0.3 is 0 Å².